The highest BCUT2D eigenvalue weighted by atomic mass is 32.2. The fourth-order valence-corrected chi connectivity index (χ4v) is 3.17. The van der Waals surface area contributed by atoms with Crippen molar-refractivity contribution in [3.63, 3.8) is 0 Å². The Labute approximate surface area is 119 Å². The van der Waals surface area contributed by atoms with Crippen molar-refractivity contribution >= 4 is 21.4 Å². The van der Waals surface area contributed by atoms with Crippen molar-refractivity contribution in [3.8, 4) is 6.07 Å². The van der Waals surface area contributed by atoms with Gasteiger partial charge in [-0.15, -0.1) is 0 Å². The minimum Gasteiger partial charge on any atom is -0.324 e. The minimum absolute atomic E-state index is 0.300. The first-order chi connectivity index (χ1) is 9.34. The Bertz CT molecular complexity index is 632. The summed E-state index contributed by atoms with van der Waals surface area (Å²) in [4.78, 5) is 12.0. The van der Waals surface area contributed by atoms with Gasteiger partial charge in [0.2, 0.25) is 5.91 Å². The minimum atomic E-state index is -3.52. The van der Waals surface area contributed by atoms with Crippen molar-refractivity contribution in [1.82, 2.24) is 0 Å². The molecular formula is C14H18N2O3S. The number of nitrogens with zero attached hydrogens (tertiary/aromatic N) is 1. The fraction of sp³-hybridized carbons (Fsp3) is 0.429. The topological polar surface area (TPSA) is 87.0 Å². The van der Waals surface area contributed by atoms with E-state index < -0.39 is 26.2 Å². The van der Waals surface area contributed by atoms with E-state index in [4.69, 9.17) is 5.26 Å². The average molecular weight is 294 g/mol. The quantitative estimate of drug-likeness (QED) is 0.900. The summed E-state index contributed by atoms with van der Waals surface area (Å²) < 4.78 is 24.2. The molecule has 1 aromatic carbocycles. The van der Waals surface area contributed by atoms with Crippen molar-refractivity contribution in [3.05, 3.63) is 29.8 Å². The molecule has 1 aromatic rings. The molecule has 1 N–H and O–H groups in total. The molecule has 0 bridgehead atoms. The van der Waals surface area contributed by atoms with Crippen molar-refractivity contribution in [2.24, 2.45) is 0 Å². The molecule has 2 atom stereocenters. The Balaban J connectivity index is 2.95. The largest absolute Gasteiger partial charge is 0.324 e. The van der Waals surface area contributed by atoms with Gasteiger partial charge in [-0.1, -0.05) is 19.1 Å². The summed E-state index contributed by atoms with van der Waals surface area (Å²) >= 11 is 0. The third-order valence-corrected chi connectivity index (χ3v) is 5.96. The van der Waals surface area contributed by atoms with Crippen LogP contribution in [0.2, 0.25) is 0 Å². The van der Waals surface area contributed by atoms with Crippen LogP contribution in [0.1, 0.15) is 32.8 Å². The van der Waals surface area contributed by atoms with E-state index in [1.165, 1.54) is 6.92 Å². The van der Waals surface area contributed by atoms with Crippen molar-refractivity contribution in [2.45, 2.75) is 37.7 Å². The van der Waals surface area contributed by atoms with Crippen molar-refractivity contribution in [1.29, 1.82) is 5.26 Å². The molecule has 0 aliphatic heterocycles. The molecule has 108 valence electrons. The summed E-state index contributed by atoms with van der Waals surface area (Å²) in [5, 5.41) is 9.72. The van der Waals surface area contributed by atoms with Crippen LogP contribution in [0.15, 0.2) is 24.3 Å². The maximum absolute atomic E-state index is 12.1. The normalized spacial score (nSPS) is 14.1. The zero-order chi connectivity index (χ0) is 15.3. The second-order valence-corrected chi connectivity index (χ2v) is 7.29. The van der Waals surface area contributed by atoms with E-state index >= 15 is 0 Å². The van der Waals surface area contributed by atoms with E-state index in [1.807, 2.05) is 6.07 Å². The Hall–Kier alpha value is -1.87. The molecule has 2 unspecified atom stereocenters. The smallest absolute Gasteiger partial charge is 0.242 e. The van der Waals surface area contributed by atoms with Gasteiger partial charge in [-0.05, 0) is 32.4 Å². The number of anilines is 1. The van der Waals surface area contributed by atoms with E-state index in [0.717, 1.165) is 0 Å². The van der Waals surface area contributed by atoms with Crippen LogP contribution in [0.4, 0.5) is 5.69 Å². The third-order valence-electron chi connectivity index (χ3n) is 3.30. The summed E-state index contributed by atoms with van der Waals surface area (Å²) in [6, 6.07) is 8.42. The van der Waals surface area contributed by atoms with Crippen LogP contribution < -0.4 is 5.32 Å². The van der Waals surface area contributed by atoms with Gasteiger partial charge in [-0.2, -0.15) is 5.26 Å². The number of sulfone groups is 1. The van der Waals surface area contributed by atoms with Gasteiger partial charge in [0.25, 0.3) is 0 Å². The molecule has 0 saturated heterocycles. The summed E-state index contributed by atoms with van der Waals surface area (Å²) in [7, 11) is -3.52. The zero-order valence-electron chi connectivity index (χ0n) is 11.8. The van der Waals surface area contributed by atoms with E-state index in [-0.39, 0.29) is 0 Å². The number of nitrogens with one attached hydrogen (secondary N) is 1. The van der Waals surface area contributed by atoms with Crippen LogP contribution in [-0.2, 0) is 14.6 Å². The van der Waals surface area contributed by atoms with Gasteiger partial charge >= 0.3 is 0 Å². The van der Waals surface area contributed by atoms with E-state index in [0.29, 0.717) is 17.7 Å². The molecule has 6 heteroatoms. The number of benzene rings is 1. The molecule has 1 amide bonds. The Kier molecular flexibility index (Phi) is 5.28. The van der Waals surface area contributed by atoms with Crippen LogP contribution >= 0.6 is 0 Å². The van der Waals surface area contributed by atoms with Crippen molar-refractivity contribution in [2.75, 3.05) is 5.32 Å². The van der Waals surface area contributed by atoms with Gasteiger partial charge in [-0.25, -0.2) is 8.42 Å². The first-order valence-electron chi connectivity index (χ1n) is 6.37. The molecule has 0 heterocycles. The first-order valence-corrected chi connectivity index (χ1v) is 7.98. The maximum Gasteiger partial charge on any atom is 0.242 e. The zero-order valence-corrected chi connectivity index (χ0v) is 12.6. The molecule has 0 aliphatic rings. The van der Waals surface area contributed by atoms with Crippen LogP contribution in [0.3, 0.4) is 0 Å². The molecule has 0 aromatic heterocycles. The lowest BCUT2D eigenvalue weighted by Crippen LogP contribution is -2.37. The number of para-hydroxylation sites is 1. The SMILES string of the molecule is CCC(C)S(=O)(=O)C(C)C(=O)Nc1ccccc1C#N. The number of carbonyl (C=O) groups is 1. The molecule has 20 heavy (non-hydrogen) atoms. The van der Waals surface area contributed by atoms with Crippen LogP contribution in [-0.4, -0.2) is 24.8 Å². The first kappa shape index (κ1) is 16.2. The lowest BCUT2D eigenvalue weighted by atomic mass is 10.2. The molecule has 0 fully saturated rings. The number of hydrogen-bond acceptors (Lipinski definition) is 4. The standard InChI is InChI=1S/C14H18N2O3S/c1-4-10(2)20(18,19)11(3)14(17)16-13-8-6-5-7-12(13)9-15/h5-8,10-11H,4H2,1-3H3,(H,16,17). The van der Waals surface area contributed by atoms with E-state index in [9.17, 15) is 13.2 Å². The number of hydrogen-bond donors (Lipinski definition) is 1. The second kappa shape index (κ2) is 6.53. The highest BCUT2D eigenvalue weighted by Crippen LogP contribution is 2.17. The van der Waals surface area contributed by atoms with Crippen LogP contribution in [0, 0.1) is 11.3 Å². The Morgan fingerprint density at radius 2 is 1.95 bits per heavy atom. The summed E-state index contributed by atoms with van der Waals surface area (Å²) in [6.45, 7) is 4.71. The van der Waals surface area contributed by atoms with Gasteiger partial charge in [0, 0.05) is 0 Å². The highest BCUT2D eigenvalue weighted by molar-refractivity contribution is 7.93. The average Bonchev–Trinajstić information content (AvgIpc) is 2.45. The predicted octanol–water partition coefficient (Wildman–Crippen LogP) is 2.10. The van der Waals surface area contributed by atoms with Crippen LogP contribution in [0.5, 0.6) is 0 Å². The summed E-state index contributed by atoms with van der Waals surface area (Å²) in [5.74, 6) is -0.618. The molecule has 0 saturated carbocycles. The summed E-state index contributed by atoms with van der Waals surface area (Å²) in [6.07, 6.45) is 0.453. The van der Waals surface area contributed by atoms with Gasteiger partial charge in [0.05, 0.1) is 16.5 Å². The van der Waals surface area contributed by atoms with E-state index in [2.05, 4.69) is 5.32 Å². The molecule has 5 nitrogen and oxygen atoms in total. The lowest BCUT2D eigenvalue weighted by Gasteiger charge is -2.17. The maximum atomic E-state index is 12.1. The molecule has 0 aliphatic carbocycles. The van der Waals surface area contributed by atoms with Gasteiger partial charge in [0.1, 0.15) is 11.3 Å². The predicted molar refractivity (Wildman–Crippen MR) is 77.9 cm³/mol. The van der Waals surface area contributed by atoms with Gasteiger partial charge in [0.15, 0.2) is 9.84 Å². The summed E-state index contributed by atoms with van der Waals surface area (Å²) in [5.41, 5.74) is 0.625. The van der Waals surface area contributed by atoms with E-state index in [1.54, 1.807) is 38.1 Å². The van der Waals surface area contributed by atoms with Crippen LogP contribution in [0.25, 0.3) is 0 Å². The molecule has 0 spiro atoms. The van der Waals surface area contributed by atoms with Crippen molar-refractivity contribution < 1.29 is 13.2 Å². The molecule has 1 rings (SSSR count). The molecule has 0 radical (unpaired) electrons. The fourth-order valence-electron chi connectivity index (χ4n) is 1.65. The van der Waals surface area contributed by atoms with Gasteiger partial charge < -0.3 is 5.32 Å². The Morgan fingerprint density at radius 1 is 1.35 bits per heavy atom. The van der Waals surface area contributed by atoms with Gasteiger partial charge in [-0.3, -0.25) is 4.79 Å². The Morgan fingerprint density at radius 3 is 2.50 bits per heavy atom. The number of rotatable bonds is 5. The number of carbonyl (C=O) groups excluding carboxylic acids is 1. The second-order valence-electron chi connectivity index (χ2n) is 4.60. The molecular weight excluding hydrogens is 276 g/mol. The number of amides is 1. The third kappa shape index (κ3) is 3.36. The number of nitriles is 1. The highest BCUT2D eigenvalue weighted by Gasteiger charge is 2.32. The monoisotopic (exact) mass is 294 g/mol. The lowest BCUT2D eigenvalue weighted by molar-refractivity contribution is -0.115.